The third kappa shape index (κ3) is 1.23. The lowest BCUT2D eigenvalue weighted by Crippen LogP contribution is -1.85. The molecule has 0 saturated heterocycles. The van der Waals surface area contributed by atoms with Gasteiger partial charge in [-0.2, -0.15) is 0 Å². The summed E-state index contributed by atoms with van der Waals surface area (Å²) in [6.07, 6.45) is 0.732. The predicted molar refractivity (Wildman–Crippen MR) is 55.9 cm³/mol. The molecule has 0 spiro atoms. The summed E-state index contributed by atoms with van der Waals surface area (Å²) in [5.41, 5.74) is 1.08. The first-order valence-corrected chi connectivity index (χ1v) is 4.77. The van der Waals surface area contributed by atoms with E-state index in [2.05, 4.69) is 15.9 Å². The van der Waals surface area contributed by atoms with Gasteiger partial charge in [-0.25, -0.2) is 0 Å². The van der Waals surface area contributed by atoms with Crippen LogP contribution in [0.5, 0.6) is 5.95 Å². The lowest BCUT2D eigenvalue weighted by Gasteiger charge is -1.92. The second kappa shape index (κ2) is 3.46. The van der Waals surface area contributed by atoms with Crippen molar-refractivity contribution in [3.8, 4) is 5.95 Å². The number of rotatable bonds is 2. The Morgan fingerprint density at radius 2 is 2.29 bits per heavy atom. The summed E-state index contributed by atoms with van der Waals surface area (Å²) in [7, 11) is 1.47. The number of aldehydes is 1. The SMILES string of the molecule is COc1oc2cccc(Br)c2c1C=O. The molecule has 0 bridgehead atoms. The Morgan fingerprint density at radius 3 is 2.93 bits per heavy atom. The van der Waals surface area contributed by atoms with E-state index in [0.29, 0.717) is 11.1 Å². The number of fused-ring (bicyclic) bond motifs is 1. The summed E-state index contributed by atoms with van der Waals surface area (Å²) in [6.45, 7) is 0. The van der Waals surface area contributed by atoms with Gasteiger partial charge in [0.05, 0.1) is 7.11 Å². The number of carbonyl (C=O) groups excluding carboxylic acids is 1. The fourth-order valence-corrected chi connectivity index (χ4v) is 1.93. The number of hydrogen-bond acceptors (Lipinski definition) is 3. The highest BCUT2D eigenvalue weighted by Crippen LogP contribution is 2.34. The third-order valence-corrected chi connectivity index (χ3v) is 2.63. The Kier molecular flexibility index (Phi) is 2.29. The summed E-state index contributed by atoms with van der Waals surface area (Å²) < 4.78 is 11.1. The van der Waals surface area contributed by atoms with Crippen molar-refractivity contribution >= 4 is 33.2 Å². The van der Waals surface area contributed by atoms with Crippen LogP contribution in [-0.4, -0.2) is 13.4 Å². The summed E-state index contributed by atoms with van der Waals surface area (Å²) in [5.74, 6) is 0.252. The van der Waals surface area contributed by atoms with Crippen molar-refractivity contribution in [2.75, 3.05) is 7.11 Å². The van der Waals surface area contributed by atoms with Crippen LogP contribution >= 0.6 is 15.9 Å². The van der Waals surface area contributed by atoms with Gasteiger partial charge in [0.15, 0.2) is 6.29 Å². The average Bonchev–Trinajstić information content (AvgIpc) is 2.56. The van der Waals surface area contributed by atoms with Crippen molar-refractivity contribution in [3.63, 3.8) is 0 Å². The van der Waals surface area contributed by atoms with Gasteiger partial charge in [0.2, 0.25) is 0 Å². The molecule has 3 nitrogen and oxygen atoms in total. The maximum absolute atomic E-state index is 10.9. The zero-order valence-corrected chi connectivity index (χ0v) is 9.00. The molecule has 1 heterocycles. The van der Waals surface area contributed by atoms with E-state index < -0.39 is 0 Å². The maximum Gasteiger partial charge on any atom is 0.296 e. The second-order valence-electron chi connectivity index (χ2n) is 2.74. The largest absolute Gasteiger partial charge is 0.468 e. The van der Waals surface area contributed by atoms with Crippen molar-refractivity contribution in [1.29, 1.82) is 0 Å². The molecule has 1 aromatic heterocycles. The van der Waals surface area contributed by atoms with Crippen molar-refractivity contribution in [3.05, 3.63) is 28.2 Å². The molecular formula is C10H7BrO3. The highest BCUT2D eigenvalue weighted by molar-refractivity contribution is 9.10. The maximum atomic E-state index is 10.9. The first-order valence-electron chi connectivity index (χ1n) is 3.98. The van der Waals surface area contributed by atoms with Gasteiger partial charge in [0, 0.05) is 9.86 Å². The Hall–Kier alpha value is -1.29. The smallest absolute Gasteiger partial charge is 0.296 e. The van der Waals surface area contributed by atoms with Gasteiger partial charge < -0.3 is 9.15 Å². The molecule has 0 fully saturated rings. The van der Waals surface area contributed by atoms with Gasteiger partial charge in [-0.3, -0.25) is 4.79 Å². The normalized spacial score (nSPS) is 10.4. The number of carbonyl (C=O) groups is 1. The van der Waals surface area contributed by atoms with E-state index in [4.69, 9.17) is 9.15 Å². The van der Waals surface area contributed by atoms with Crippen molar-refractivity contribution in [2.45, 2.75) is 0 Å². The van der Waals surface area contributed by atoms with Gasteiger partial charge in [0.1, 0.15) is 11.1 Å². The number of ether oxygens (including phenoxy) is 1. The topological polar surface area (TPSA) is 39.4 Å². The Labute approximate surface area is 88.8 Å². The fourth-order valence-electron chi connectivity index (χ4n) is 1.37. The highest BCUT2D eigenvalue weighted by atomic mass is 79.9. The fraction of sp³-hybridized carbons (Fsp3) is 0.100. The number of halogens is 1. The lowest BCUT2D eigenvalue weighted by atomic mass is 10.2. The Bertz CT molecular complexity index is 487. The minimum Gasteiger partial charge on any atom is -0.468 e. The molecule has 0 aliphatic rings. The van der Waals surface area contributed by atoms with Crippen LogP contribution in [0.3, 0.4) is 0 Å². The van der Waals surface area contributed by atoms with Gasteiger partial charge >= 0.3 is 0 Å². The Balaban J connectivity index is 2.88. The molecule has 1 aromatic carbocycles. The molecule has 0 aliphatic carbocycles. The van der Waals surface area contributed by atoms with E-state index in [0.717, 1.165) is 16.1 Å². The number of hydrogen-bond donors (Lipinski definition) is 0. The molecule has 14 heavy (non-hydrogen) atoms. The van der Waals surface area contributed by atoms with Crippen LogP contribution in [0, 0.1) is 0 Å². The molecule has 72 valence electrons. The average molecular weight is 255 g/mol. The van der Waals surface area contributed by atoms with Crippen LogP contribution in [0.25, 0.3) is 11.0 Å². The molecule has 0 aliphatic heterocycles. The monoisotopic (exact) mass is 254 g/mol. The van der Waals surface area contributed by atoms with Crippen LogP contribution < -0.4 is 4.74 Å². The molecule has 2 aromatic rings. The zero-order valence-electron chi connectivity index (χ0n) is 7.41. The molecule has 2 rings (SSSR count). The molecule has 0 atom stereocenters. The van der Waals surface area contributed by atoms with Crippen LogP contribution in [0.4, 0.5) is 0 Å². The molecule has 0 saturated carbocycles. The van der Waals surface area contributed by atoms with Crippen molar-refractivity contribution in [2.24, 2.45) is 0 Å². The molecule has 0 radical (unpaired) electrons. The van der Waals surface area contributed by atoms with Gasteiger partial charge in [-0.1, -0.05) is 22.0 Å². The molecular weight excluding hydrogens is 248 g/mol. The van der Waals surface area contributed by atoms with E-state index in [1.165, 1.54) is 7.11 Å². The number of benzene rings is 1. The first-order chi connectivity index (χ1) is 6.77. The van der Waals surface area contributed by atoms with Crippen molar-refractivity contribution in [1.82, 2.24) is 0 Å². The summed E-state index contributed by atoms with van der Waals surface area (Å²) in [5, 5.41) is 0.749. The van der Waals surface area contributed by atoms with E-state index in [1.807, 2.05) is 12.1 Å². The Morgan fingerprint density at radius 1 is 1.50 bits per heavy atom. The zero-order chi connectivity index (χ0) is 10.1. The van der Waals surface area contributed by atoms with E-state index in [9.17, 15) is 4.79 Å². The van der Waals surface area contributed by atoms with Crippen LogP contribution in [-0.2, 0) is 0 Å². The van der Waals surface area contributed by atoms with Crippen LogP contribution in [0.15, 0.2) is 27.1 Å². The van der Waals surface area contributed by atoms with E-state index >= 15 is 0 Å². The van der Waals surface area contributed by atoms with Gasteiger partial charge in [-0.15, -0.1) is 0 Å². The van der Waals surface area contributed by atoms with E-state index in [-0.39, 0.29) is 5.95 Å². The third-order valence-electron chi connectivity index (χ3n) is 1.97. The van der Waals surface area contributed by atoms with Crippen LogP contribution in [0.1, 0.15) is 10.4 Å². The molecule has 0 amide bonds. The summed E-state index contributed by atoms with van der Waals surface area (Å²) in [6, 6.07) is 5.48. The van der Waals surface area contributed by atoms with Gasteiger partial charge in [-0.05, 0) is 12.1 Å². The molecule has 4 heteroatoms. The number of methoxy groups -OCH3 is 1. The predicted octanol–water partition coefficient (Wildman–Crippen LogP) is 3.02. The molecule has 0 unspecified atom stereocenters. The van der Waals surface area contributed by atoms with Gasteiger partial charge in [0.25, 0.3) is 5.95 Å². The number of furan rings is 1. The quantitative estimate of drug-likeness (QED) is 0.774. The minimum atomic E-state index is 0.252. The van der Waals surface area contributed by atoms with Crippen LogP contribution in [0.2, 0.25) is 0 Å². The lowest BCUT2D eigenvalue weighted by molar-refractivity contribution is 0.111. The molecule has 0 N–H and O–H groups in total. The van der Waals surface area contributed by atoms with E-state index in [1.54, 1.807) is 6.07 Å². The summed E-state index contributed by atoms with van der Waals surface area (Å²) >= 11 is 3.36. The summed E-state index contributed by atoms with van der Waals surface area (Å²) in [4.78, 5) is 10.9. The second-order valence-corrected chi connectivity index (χ2v) is 3.59. The minimum absolute atomic E-state index is 0.252. The first kappa shape index (κ1) is 9.27. The standard InChI is InChI=1S/C10H7BrO3/c1-13-10-6(5-12)9-7(11)3-2-4-8(9)14-10/h2-5H,1H3. The van der Waals surface area contributed by atoms with Crippen molar-refractivity contribution < 1.29 is 13.9 Å². The highest BCUT2D eigenvalue weighted by Gasteiger charge is 2.15.